The first-order valence-electron chi connectivity index (χ1n) is 5.97. The largest absolute Gasteiger partial charge is 0.497 e. The summed E-state index contributed by atoms with van der Waals surface area (Å²) in [5.74, 6) is 1.61. The first kappa shape index (κ1) is 12.3. The summed E-state index contributed by atoms with van der Waals surface area (Å²) in [4.78, 5) is 0. The van der Waals surface area contributed by atoms with E-state index in [0.29, 0.717) is 0 Å². The van der Waals surface area contributed by atoms with Crippen molar-refractivity contribution < 1.29 is 9.47 Å². The number of methoxy groups -OCH3 is 2. The SMILES string of the molecule is COc1cc(OC)c2c(Br)cc3ccccc3c2c1. The van der Waals surface area contributed by atoms with Gasteiger partial charge in [-0.3, -0.25) is 0 Å². The Hall–Kier alpha value is -1.74. The Balaban J connectivity index is 2.55. The molecule has 3 rings (SSSR count). The average Bonchev–Trinajstić information content (AvgIpc) is 2.46. The zero-order valence-electron chi connectivity index (χ0n) is 10.7. The third kappa shape index (κ3) is 1.94. The zero-order chi connectivity index (χ0) is 13.4. The molecule has 0 bridgehead atoms. The van der Waals surface area contributed by atoms with Crippen LogP contribution in [0.25, 0.3) is 21.5 Å². The number of ether oxygens (including phenoxy) is 2. The van der Waals surface area contributed by atoms with Crippen molar-refractivity contribution in [1.82, 2.24) is 0 Å². The van der Waals surface area contributed by atoms with Crippen LogP contribution in [0.1, 0.15) is 0 Å². The number of benzene rings is 3. The predicted octanol–water partition coefficient (Wildman–Crippen LogP) is 4.77. The summed E-state index contributed by atoms with van der Waals surface area (Å²) in [6.45, 7) is 0. The molecule has 3 aromatic carbocycles. The second-order valence-electron chi connectivity index (χ2n) is 4.33. The minimum Gasteiger partial charge on any atom is -0.497 e. The van der Waals surface area contributed by atoms with E-state index in [1.807, 2.05) is 24.3 Å². The van der Waals surface area contributed by atoms with Crippen LogP contribution < -0.4 is 9.47 Å². The fourth-order valence-electron chi connectivity index (χ4n) is 2.40. The molecule has 0 aliphatic rings. The lowest BCUT2D eigenvalue weighted by atomic mass is 10.0. The number of rotatable bonds is 2. The molecule has 3 heteroatoms. The van der Waals surface area contributed by atoms with Crippen molar-refractivity contribution in [2.24, 2.45) is 0 Å². The van der Waals surface area contributed by atoms with Crippen molar-refractivity contribution in [3.63, 3.8) is 0 Å². The van der Waals surface area contributed by atoms with Crippen molar-refractivity contribution in [1.29, 1.82) is 0 Å². The van der Waals surface area contributed by atoms with Gasteiger partial charge in [0.1, 0.15) is 11.5 Å². The molecule has 0 amide bonds. The molecule has 0 aromatic heterocycles. The normalized spacial score (nSPS) is 10.9. The van der Waals surface area contributed by atoms with Crippen LogP contribution in [0, 0.1) is 0 Å². The van der Waals surface area contributed by atoms with Gasteiger partial charge in [0.15, 0.2) is 0 Å². The second-order valence-corrected chi connectivity index (χ2v) is 5.19. The van der Waals surface area contributed by atoms with Crippen molar-refractivity contribution in [3.05, 3.63) is 46.9 Å². The number of hydrogen-bond acceptors (Lipinski definition) is 2. The molecule has 0 fully saturated rings. The van der Waals surface area contributed by atoms with Crippen LogP contribution in [0.3, 0.4) is 0 Å². The minimum atomic E-state index is 0.799. The van der Waals surface area contributed by atoms with Crippen molar-refractivity contribution in [3.8, 4) is 11.5 Å². The number of fused-ring (bicyclic) bond motifs is 3. The van der Waals surface area contributed by atoms with Gasteiger partial charge in [0, 0.05) is 15.9 Å². The lowest BCUT2D eigenvalue weighted by Crippen LogP contribution is -1.90. The Morgan fingerprint density at radius 3 is 2.42 bits per heavy atom. The third-order valence-corrected chi connectivity index (χ3v) is 3.93. The van der Waals surface area contributed by atoms with Gasteiger partial charge in [-0.1, -0.05) is 24.3 Å². The van der Waals surface area contributed by atoms with Gasteiger partial charge in [-0.25, -0.2) is 0 Å². The van der Waals surface area contributed by atoms with Gasteiger partial charge in [0.05, 0.1) is 14.2 Å². The Bertz CT molecular complexity index is 765. The van der Waals surface area contributed by atoms with Crippen LogP contribution in [-0.4, -0.2) is 14.2 Å². The molecule has 0 aliphatic carbocycles. The van der Waals surface area contributed by atoms with E-state index in [4.69, 9.17) is 9.47 Å². The maximum Gasteiger partial charge on any atom is 0.131 e. The van der Waals surface area contributed by atoms with E-state index in [9.17, 15) is 0 Å². The summed E-state index contributed by atoms with van der Waals surface area (Å²) in [6, 6.07) is 14.4. The quantitative estimate of drug-likeness (QED) is 0.634. The highest BCUT2D eigenvalue weighted by atomic mass is 79.9. The molecule has 0 atom stereocenters. The van der Waals surface area contributed by atoms with Crippen molar-refractivity contribution in [2.75, 3.05) is 14.2 Å². The first-order chi connectivity index (χ1) is 9.24. The van der Waals surface area contributed by atoms with Gasteiger partial charge in [-0.05, 0) is 44.2 Å². The van der Waals surface area contributed by atoms with Gasteiger partial charge < -0.3 is 9.47 Å². The topological polar surface area (TPSA) is 18.5 Å². The molecular weight excluding hydrogens is 304 g/mol. The first-order valence-corrected chi connectivity index (χ1v) is 6.77. The zero-order valence-corrected chi connectivity index (χ0v) is 12.3. The molecule has 0 saturated heterocycles. The Morgan fingerprint density at radius 2 is 1.68 bits per heavy atom. The Kier molecular flexibility index (Phi) is 3.07. The minimum absolute atomic E-state index is 0.799. The lowest BCUT2D eigenvalue weighted by Gasteiger charge is -2.12. The lowest BCUT2D eigenvalue weighted by molar-refractivity contribution is 0.398. The average molecular weight is 317 g/mol. The molecule has 0 saturated carbocycles. The summed E-state index contributed by atoms with van der Waals surface area (Å²) in [7, 11) is 3.34. The highest BCUT2D eigenvalue weighted by molar-refractivity contribution is 9.10. The molecular formula is C16H13BrO2. The van der Waals surface area contributed by atoms with E-state index in [0.717, 1.165) is 26.7 Å². The summed E-state index contributed by atoms with van der Waals surface area (Å²) in [5.41, 5.74) is 0. The molecule has 0 unspecified atom stereocenters. The predicted molar refractivity (Wildman–Crippen MR) is 82.3 cm³/mol. The molecule has 0 radical (unpaired) electrons. The highest BCUT2D eigenvalue weighted by Crippen LogP contribution is 2.40. The molecule has 96 valence electrons. The van der Waals surface area contributed by atoms with E-state index in [1.54, 1.807) is 14.2 Å². The maximum absolute atomic E-state index is 5.49. The summed E-state index contributed by atoms with van der Waals surface area (Å²) in [6.07, 6.45) is 0. The smallest absolute Gasteiger partial charge is 0.131 e. The highest BCUT2D eigenvalue weighted by Gasteiger charge is 2.11. The molecule has 0 N–H and O–H groups in total. The van der Waals surface area contributed by atoms with E-state index < -0.39 is 0 Å². The fraction of sp³-hybridized carbons (Fsp3) is 0.125. The molecule has 0 heterocycles. The maximum atomic E-state index is 5.49. The summed E-state index contributed by atoms with van der Waals surface area (Å²) < 4.78 is 11.9. The standard InChI is InChI=1S/C16H13BrO2/c1-18-11-8-13-12-6-4-3-5-10(12)7-14(17)16(13)15(9-11)19-2/h3-9H,1-2H3. The van der Waals surface area contributed by atoms with E-state index in [2.05, 4.69) is 34.1 Å². The van der Waals surface area contributed by atoms with Crippen LogP contribution in [0.2, 0.25) is 0 Å². The summed E-state index contributed by atoms with van der Waals surface area (Å²) in [5, 5.41) is 4.58. The number of halogens is 1. The summed E-state index contributed by atoms with van der Waals surface area (Å²) >= 11 is 3.64. The van der Waals surface area contributed by atoms with Gasteiger partial charge in [-0.15, -0.1) is 0 Å². The van der Waals surface area contributed by atoms with Gasteiger partial charge in [0.2, 0.25) is 0 Å². The van der Waals surface area contributed by atoms with Crippen LogP contribution >= 0.6 is 15.9 Å². The van der Waals surface area contributed by atoms with E-state index >= 15 is 0 Å². The van der Waals surface area contributed by atoms with Crippen LogP contribution in [0.4, 0.5) is 0 Å². The second kappa shape index (κ2) is 4.74. The van der Waals surface area contributed by atoms with Crippen molar-refractivity contribution >= 4 is 37.5 Å². The van der Waals surface area contributed by atoms with Gasteiger partial charge >= 0.3 is 0 Å². The van der Waals surface area contributed by atoms with Crippen molar-refractivity contribution in [2.45, 2.75) is 0 Å². The van der Waals surface area contributed by atoms with Crippen LogP contribution in [0.15, 0.2) is 46.9 Å². The third-order valence-electron chi connectivity index (χ3n) is 3.30. The fourth-order valence-corrected chi connectivity index (χ4v) is 3.06. The molecule has 19 heavy (non-hydrogen) atoms. The van der Waals surface area contributed by atoms with Crippen LogP contribution in [-0.2, 0) is 0 Å². The van der Waals surface area contributed by atoms with Gasteiger partial charge in [0.25, 0.3) is 0 Å². The van der Waals surface area contributed by atoms with E-state index in [-0.39, 0.29) is 0 Å². The Labute approximate surface area is 120 Å². The monoisotopic (exact) mass is 316 g/mol. The molecule has 2 nitrogen and oxygen atoms in total. The molecule has 0 aliphatic heterocycles. The molecule has 3 aromatic rings. The van der Waals surface area contributed by atoms with E-state index in [1.165, 1.54) is 10.8 Å². The number of hydrogen-bond donors (Lipinski definition) is 0. The Morgan fingerprint density at radius 1 is 0.895 bits per heavy atom. The van der Waals surface area contributed by atoms with Gasteiger partial charge in [-0.2, -0.15) is 0 Å². The van der Waals surface area contributed by atoms with Crippen LogP contribution in [0.5, 0.6) is 11.5 Å². The molecule has 0 spiro atoms.